The zero-order chi connectivity index (χ0) is 16.6. The van der Waals surface area contributed by atoms with Crippen molar-refractivity contribution in [2.75, 3.05) is 19.6 Å². The van der Waals surface area contributed by atoms with Gasteiger partial charge in [-0.15, -0.1) is 0 Å². The zero-order valence-corrected chi connectivity index (χ0v) is 14.2. The predicted molar refractivity (Wildman–Crippen MR) is 85.6 cm³/mol. The van der Waals surface area contributed by atoms with E-state index in [-0.39, 0.29) is 29.8 Å². The van der Waals surface area contributed by atoms with E-state index in [2.05, 4.69) is 0 Å². The van der Waals surface area contributed by atoms with E-state index in [0.717, 1.165) is 32.1 Å². The van der Waals surface area contributed by atoms with Gasteiger partial charge in [0.2, 0.25) is 5.91 Å². The number of hydrogen-bond donors (Lipinski definition) is 0. The van der Waals surface area contributed by atoms with Crippen molar-refractivity contribution in [3.63, 3.8) is 0 Å². The normalized spacial score (nSPS) is 26.7. The van der Waals surface area contributed by atoms with Crippen LogP contribution < -0.4 is 0 Å². The molecule has 6 heteroatoms. The smallest absolute Gasteiger partial charge is 0.327 e. The molecule has 23 heavy (non-hydrogen) atoms. The molecule has 0 aromatic carbocycles. The molecule has 0 aromatic heterocycles. The molecule has 1 saturated carbocycles. The van der Waals surface area contributed by atoms with E-state index in [0.29, 0.717) is 19.6 Å². The van der Waals surface area contributed by atoms with Crippen LogP contribution in [0.3, 0.4) is 0 Å². The third-order valence-electron chi connectivity index (χ3n) is 5.32. The minimum Gasteiger partial charge on any atom is -0.340 e. The van der Waals surface area contributed by atoms with Gasteiger partial charge in [-0.3, -0.25) is 14.5 Å². The second-order valence-corrected chi connectivity index (χ2v) is 7.28. The lowest BCUT2D eigenvalue weighted by molar-refractivity contribution is -0.136. The minimum atomic E-state index is -0.477. The van der Waals surface area contributed by atoms with E-state index >= 15 is 0 Å². The third-order valence-corrected chi connectivity index (χ3v) is 5.32. The van der Waals surface area contributed by atoms with Gasteiger partial charge < -0.3 is 9.80 Å². The summed E-state index contributed by atoms with van der Waals surface area (Å²) in [5, 5.41) is 0. The molecule has 0 bridgehead atoms. The molecule has 3 fully saturated rings. The van der Waals surface area contributed by atoms with E-state index in [1.165, 1.54) is 11.3 Å². The largest absolute Gasteiger partial charge is 0.340 e. The Morgan fingerprint density at radius 3 is 2.39 bits per heavy atom. The highest BCUT2D eigenvalue weighted by Crippen LogP contribution is 2.30. The number of nitrogens with zero attached hydrogens (tertiary/aromatic N) is 3. The van der Waals surface area contributed by atoms with Gasteiger partial charge in [-0.1, -0.05) is 33.1 Å². The Hall–Kier alpha value is -1.59. The minimum absolute atomic E-state index is 0.0601. The Kier molecular flexibility index (Phi) is 4.60. The monoisotopic (exact) mass is 321 g/mol. The standard InChI is InChI=1S/C17H27N3O3/c1-12(2)15(21)18-9-6-10-19-14(11-18)16(22)20(17(19)23)13-7-4-3-5-8-13/h12-14H,3-11H2,1-2H3. The van der Waals surface area contributed by atoms with Crippen LogP contribution in [-0.4, -0.2) is 64.3 Å². The van der Waals surface area contributed by atoms with E-state index in [1.807, 2.05) is 13.8 Å². The van der Waals surface area contributed by atoms with Gasteiger partial charge in [0.15, 0.2) is 0 Å². The van der Waals surface area contributed by atoms with Crippen molar-refractivity contribution in [2.45, 2.75) is 64.5 Å². The molecule has 6 nitrogen and oxygen atoms in total. The molecule has 128 valence electrons. The summed E-state index contributed by atoms with van der Waals surface area (Å²) in [5.74, 6) is -0.100. The first-order chi connectivity index (χ1) is 11.0. The summed E-state index contributed by atoms with van der Waals surface area (Å²) < 4.78 is 0. The quantitative estimate of drug-likeness (QED) is 0.729. The van der Waals surface area contributed by atoms with Gasteiger partial charge in [0.05, 0.1) is 6.54 Å². The first-order valence-corrected chi connectivity index (χ1v) is 8.93. The number of amides is 4. The lowest BCUT2D eigenvalue weighted by atomic mass is 9.94. The van der Waals surface area contributed by atoms with E-state index in [1.54, 1.807) is 9.80 Å². The summed E-state index contributed by atoms with van der Waals surface area (Å²) in [6, 6.07) is -0.551. The Balaban J connectivity index is 1.77. The molecule has 1 aliphatic carbocycles. The zero-order valence-electron chi connectivity index (χ0n) is 14.2. The van der Waals surface area contributed by atoms with Crippen LogP contribution in [0.2, 0.25) is 0 Å². The van der Waals surface area contributed by atoms with Crippen molar-refractivity contribution in [2.24, 2.45) is 5.92 Å². The molecular formula is C17H27N3O3. The summed E-state index contributed by atoms with van der Waals surface area (Å²) in [6.07, 6.45) is 5.96. The maximum atomic E-state index is 12.9. The average Bonchev–Trinajstić information content (AvgIpc) is 2.71. The summed E-state index contributed by atoms with van der Waals surface area (Å²) in [7, 11) is 0. The molecule has 1 atom stereocenters. The molecule has 3 aliphatic rings. The molecule has 2 heterocycles. The Bertz CT molecular complexity index is 499. The van der Waals surface area contributed by atoms with Crippen LogP contribution in [0.15, 0.2) is 0 Å². The predicted octanol–water partition coefficient (Wildman–Crippen LogP) is 1.84. The Morgan fingerprint density at radius 1 is 1.04 bits per heavy atom. The lowest BCUT2D eigenvalue weighted by Gasteiger charge is -2.29. The molecule has 3 rings (SSSR count). The van der Waals surface area contributed by atoms with Crippen LogP contribution in [-0.2, 0) is 9.59 Å². The fraction of sp³-hybridized carbons (Fsp3) is 0.824. The van der Waals surface area contributed by atoms with Crippen LogP contribution in [0.4, 0.5) is 4.79 Å². The molecule has 0 spiro atoms. The molecule has 4 amide bonds. The fourth-order valence-corrected chi connectivity index (χ4v) is 4.06. The van der Waals surface area contributed by atoms with Gasteiger partial charge in [0.25, 0.3) is 5.91 Å². The number of carbonyl (C=O) groups excluding carboxylic acids is 3. The molecule has 1 unspecified atom stereocenters. The maximum Gasteiger partial charge on any atom is 0.327 e. The fourth-order valence-electron chi connectivity index (χ4n) is 4.06. The van der Waals surface area contributed by atoms with Gasteiger partial charge in [-0.05, 0) is 19.3 Å². The van der Waals surface area contributed by atoms with Crippen LogP contribution in [0.5, 0.6) is 0 Å². The van der Waals surface area contributed by atoms with Crippen LogP contribution in [0.1, 0.15) is 52.4 Å². The molecule has 0 radical (unpaired) electrons. The van der Waals surface area contributed by atoms with Crippen LogP contribution in [0, 0.1) is 5.92 Å². The SMILES string of the molecule is CC(C)C(=O)N1CCCN2C(=O)N(C3CCCCC3)C(=O)C2C1. The lowest BCUT2D eigenvalue weighted by Crippen LogP contribution is -2.46. The van der Waals surface area contributed by atoms with Gasteiger partial charge in [-0.25, -0.2) is 4.79 Å². The van der Waals surface area contributed by atoms with Crippen molar-refractivity contribution < 1.29 is 14.4 Å². The number of fused-ring (bicyclic) bond motifs is 1. The number of urea groups is 1. The van der Waals surface area contributed by atoms with E-state index < -0.39 is 6.04 Å². The van der Waals surface area contributed by atoms with Crippen molar-refractivity contribution in [3.8, 4) is 0 Å². The van der Waals surface area contributed by atoms with Crippen LogP contribution in [0.25, 0.3) is 0 Å². The molecule has 2 aliphatic heterocycles. The van der Waals surface area contributed by atoms with Gasteiger partial charge in [0, 0.05) is 25.0 Å². The van der Waals surface area contributed by atoms with Gasteiger partial charge in [0.1, 0.15) is 6.04 Å². The van der Waals surface area contributed by atoms with Crippen molar-refractivity contribution >= 4 is 17.8 Å². The van der Waals surface area contributed by atoms with Gasteiger partial charge in [-0.2, -0.15) is 0 Å². The summed E-state index contributed by atoms with van der Waals surface area (Å²) >= 11 is 0. The number of imide groups is 1. The first kappa shape index (κ1) is 16.3. The Morgan fingerprint density at radius 2 is 1.74 bits per heavy atom. The number of hydrogen-bond acceptors (Lipinski definition) is 3. The summed E-state index contributed by atoms with van der Waals surface area (Å²) in [6.45, 7) is 5.31. The highest BCUT2D eigenvalue weighted by molar-refractivity contribution is 6.05. The first-order valence-electron chi connectivity index (χ1n) is 8.93. The highest BCUT2D eigenvalue weighted by atomic mass is 16.2. The summed E-state index contributed by atoms with van der Waals surface area (Å²) in [4.78, 5) is 42.9. The molecular weight excluding hydrogens is 294 g/mol. The van der Waals surface area contributed by atoms with E-state index in [9.17, 15) is 14.4 Å². The number of rotatable bonds is 2. The highest BCUT2D eigenvalue weighted by Gasteiger charge is 2.49. The van der Waals surface area contributed by atoms with Crippen molar-refractivity contribution in [3.05, 3.63) is 0 Å². The Labute approximate surface area is 137 Å². The molecule has 0 aromatic rings. The van der Waals surface area contributed by atoms with Gasteiger partial charge >= 0.3 is 6.03 Å². The van der Waals surface area contributed by atoms with Crippen molar-refractivity contribution in [1.29, 1.82) is 0 Å². The average molecular weight is 321 g/mol. The summed E-state index contributed by atoms with van der Waals surface area (Å²) in [5.41, 5.74) is 0. The van der Waals surface area contributed by atoms with E-state index in [4.69, 9.17) is 0 Å². The third kappa shape index (κ3) is 2.95. The second-order valence-electron chi connectivity index (χ2n) is 7.28. The maximum absolute atomic E-state index is 12.9. The van der Waals surface area contributed by atoms with Crippen molar-refractivity contribution in [1.82, 2.24) is 14.7 Å². The second kappa shape index (κ2) is 6.49. The topological polar surface area (TPSA) is 60.9 Å². The molecule has 0 N–H and O–H groups in total. The number of carbonyl (C=O) groups is 3. The molecule has 2 saturated heterocycles. The van der Waals surface area contributed by atoms with Crippen LogP contribution >= 0.6 is 0 Å².